The number of hydrogen-bond donors (Lipinski definition) is 0. The molecule has 0 aliphatic heterocycles. The van der Waals surface area contributed by atoms with Crippen molar-refractivity contribution < 1.29 is 4.74 Å². The average Bonchev–Trinajstić information content (AvgIpc) is 2.82. The minimum absolute atomic E-state index is 0.355. The lowest BCUT2D eigenvalue weighted by Gasteiger charge is -2.18. The van der Waals surface area contributed by atoms with Crippen LogP contribution in [-0.2, 0) is 5.88 Å². The Morgan fingerprint density at radius 2 is 2.21 bits per heavy atom. The Labute approximate surface area is 122 Å². The minimum atomic E-state index is 0.355. The van der Waals surface area contributed by atoms with Crippen LogP contribution in [0.1, 0.15) is 25.2 Å². The molecule has 0 fully saturated rings. The Balaban J connectivity index is 2.59. The second-order valence-electron chi connectivity index (χ2n) is 4.25. The van der Waals surface area contributed by atoms with Crippen LogP contribution in [0.5, 0.6) is 5.88 Å². The van der Waals surface area contributed by atoms with Crippen LogP contribution in [0.15, 0.2) is 12.1 Å². The Kier molecular flexibility index (Phi) is 4.93. The lowest BCUT2D eigenvalue weighted by molar-refractivity contribution is 0.398. The maximum Gasteiger partial charge on any atom is 0.215 e. The number of nitrogens with zero attached hydrogens (tertiary/aromatic N) is 3. The summed E-state index contributed by atoms with van der Waals surface area (Å²) in [6.07, 6.45) is 3.13. The van der Waals surface area contributed by atoms with Crippen molar-refractivity contribution in [1.82, 2.24) is 14.5 Å². The fourth-order valence-electron chi connectivity index (χ4n) is 2.16. The fraction of sp³-hybridized carbons (Fsp3) is 0.538. The van der Waals surface area contributed by atoms with E-state index >= 15 is 0 Å². The molecule has 0 spiro atoms. The summed E-state index contributed by atoms with van der Waals surface area (Å²) in [6.45, 7) is 2.17. The summed E-state index contributed by atoms with van der Waals surface area (Å²) >= 11 is 7.85. The number of halogens is 1. The number of aromatic nitrogens is 3. The zero-order chi connectivity index (χ0) is 13.8. The molecule has 4 nitrogen and oxygen atoms in total. The van der Waals surface area contributed by atoms with Gasteiger partial charge in [0.25, 0.3) is 0 Å². The molecule has 104 valence electrons. The van der Waals surface area contributed by atoms with Gasteiger partial charge in [0.1, 0.15) is 11.3 Å². The van der Waals surface area contributed by atoms with Gasteiger partial charge in [-0.25, -0.2) is 4.98 Å². The van der Waals surface area contributed by atoms with E-state index in [4.69, 9.17) is 16.3 Å². The van der Waals surface area contributed by atoms with E-state index in [-0.39, 0.29) is 0 Å². The number of alkyl halides is 1. The lowest BCUT2D eigenvalue weighted by atomic mass is 10.2. The maximum atomic E-state index is 6.03. The topological polar surface area (TPSA) is 39.9 Å². The summed E-state index contributed by atoms with van der Waals surface area (Å²) < 4.78 is 7.36. The number of ether oxygens (including phenoxy) is 1. The first-order chi connectivity index (χ1) is 9.24. The van der Waals surface area contributed by atoms with Gasteiger partial charge < -0.3 is 9.30 Å². The van der Waals surface area contributed by atoms with E-state index < -0.39 is 0 Å². The Bertz CT molecular complexity index is 558. The fourth-order valence-corrected chi connectivity index (χ4v) is 3.12. The molecule has 1 unspecified atom stereocenters. The van der Waals surface area contributed by atoms with Crippen molar-refractivity contribution in [1.29, 1.82) is 0 Å². The Morgan fingerprint density at radius 3 is 2.79 bits per heavy atom. The van der Waals surface area contributed by atoms with Crippen LogP contribution in [0.2, 0.25) is 0 Å². The first-order valence-electron chi connectivity index (χ1n) is 6.21. The number of fused-ring (bicyclic) bond motifs is 1. The van der Waals surface area contributed by atoms with Gasteiger partial charge >= 0.3 is 0 Å². The molecule has 2 rings (SSSR count). The Hall–Kier alpha value is -0.940. The third-order valence-electron chi connectivity index (χ3n) is 3.11. The normalized spacial score (nSPS) is 12.8. The predicted molar refractivity (Wildman–Crippen MR) is 81.3 cm³/mol. The summed E-state index contributed by atoms with van der Waals surface area (Å²) in [5, 5.41) is 0. The third kappa shape index (κ3) is 2.82. The minimum Gasteiger partial charge on any atom is -0.481 e. The van der Waals surface area contributed by atoms with Crippen molar-refractivity contribution in [3.05, 3.63) is 18.0 Å². The highest BCUT2D eigenvalue weighted by Gasteiger charge is 2.18. The SMILES string of the molecule is CCC(CSC)n1c(CCl)nc2ccc(OC)nc21. The van der Waals surface area contributed by atoms with Gasteiger partial charge in [-0.3, -0.25) is 0 Å². The number of imidazole rings is 1. The highest BCUT2D eigenvalue weighted by molar-refractivity contribution is 7.98. The molecular formula is C13H18ClN3OS. The lowest BCUT2D eigenvalue weighted by Crippen LogP contribution is -2.14. The van der Waals surface area contributed by atoms with E-state index in [0.717, 1.165) is 29.2 Å². The molecule has 6 heteroatoms. The first-order valence-corrected chi connectivity index (χ1v) is 8.14. The second-order valence-corrected chi connectivity index (χ2v) is 5.42. The summed E-state index contributed by atoms with van der Waals surface area (Å²) in [4.78, 5) is 9.09. The van der Waals surface area contributed by atoms with Gasteiger partial charge in [0.05, 0.1) is 13.0 Å². The summed E-state index contributed by atoms with van der Waals surface area (Å²) in [6, 6.07) is 4.11. The molecular weight excluding hydrogens is 282 g/mol. The summed E-state index contributed by atoms with van der Waals surface area (Å²) in [5.74, 6) is 2.89. The molecule has 2 aromatic heterocycles. The van der Waals surface area contributed by atoms with E-state index in [9.17, 15) is 0 Å². The van der Waals surface area contributed by atoms with Crippen LogP contribution in [-0.4, -0.2) is 33.7 Å². The molecule has 2 aromatic rings. The smallest absolute Gasteiger partial charge is 0.215 e. The highest BCUT2D eigenvalue weighted by Crippen LogP contribution is 2.26. The van der Waals surface area contributed by atoms with Gasteiger partial charge in [0.2, 0.25) is 5.88 Å². The predicted octanol–water partition coefficient (Wildman–Crippen LogP) is 3.49. The number of pyridine rings is 1. The molecule has 1 atom stereocenters. The van der Waals surface area contributed by atoms with Gasteiger partial charge in [0, 0.05) is 17.9 Å². The molecule has 0 bridgehead atoms. The Morgan fingerprint density at radius 1 is 1.42 bits per heavy atom. The van der Waals surface area contributed by atoms with Crippen LogP contribution < -0.4 is 4.74 Å². The van der Waals surface area contributed by atoms with Crippen molar-refractivity contribution in [3.63, 3.8) is 0 Å². The van der Waals surface area contributed by atoms with Crippen molar-refractivity contribution in [2.75, 3.05) is 19.1 Å². The van der Waals surface area contributed by atoms with Crippen LogP contribution >= 0.6 is 23.4 Å². The second kappa shape index (κ2) is 6.48. The van der Waals surface area contributed by atoms with Crippen LogP contribution in [0.4, 0.5) is 0 Å². The largest absolute Gasteiger partial charge is 0.481 e. The van der Waals surface area contributed by atoms with Crippen LogP contribution in [0, 0.1) is 0 Å². The molecule has 0 aliphatic carbocycles. The van der Waals surface area contributed by atoms with E-state index in [2.05, 4.69) is 27.7 Å². The average molecular weight is 300 g/mol. The molecule has 0 aliphatic rings. The molecule has 0 radical (unpaired) electrons. The van der Waals surface area contributed by atoms with Gasteiger partial charge in [0.15, 0.2) is 5.65 Å². The molecule has 0 saturated carbocycles. The monoisotopic (exact) mass is 299 g/mol. The molecule has 0 N–H and O–H groups in total. The van der Waals surface area contributed by atoms with Crippen molar-refractivity contribution in [2.45, 2.75) is 25.3 Å². The van der Waals surface area contributed by atoms with Crippen molar-refractivity contribution in [2.24, 2.45) is 0 Å². The standard InChI is InChI=1S/C13H18ClN3OS/c1-4-9(8-19-3)17-11(7-14)15-10-5-6-12(18-2)16-13(10)17/h5-6,9H,4,7-8H2,1-3H3. The van der Waals surface area contributed by atoms with Gasteiger partial charge in [-0.05, 0) is 18.7 Å². The van der Waals surface area contributed by atoms with Crippen molar-refractivity contribution in [3.8, 4) is 5.88 Å². The van der Waals surface area contributed by atoms with E-state index in [1.165, 1.54) is 0 Å². The zero-order valence-electron chi connectivity index (χ0n) is 11.4. The molecule has 2 heterocycles. The maximum absolute atomic E-state index is 6.03. The number of rotatable bonds is 6. The van der Waals surface area contributed by atoms with Gasteiger partial charge in [-0.1, -0.05) is 6.92 Å². The number of methoxy groups -OCH3 is 1. The molecule has 19 heavy (non-hydrogen) atoms. The van der Waals surface area contributed by atoms with Crippen LogP contribution in [0.25, 0.3) is 11.2 Å². The third-order valence-corrected chi connectivity index (χ3v) is 4.07. The van der Waals surface area contributed by atoms with E-state index in [0.29, 0.717) is 17.8 Å². The van der Waals surface area contributed by atoms with Crippen LogP contribution in [0.3, 0.4) is 0 Å². The molecule has 0 aromatic carbocycles. The zero-order valence-corrected chi connectivity index (χ0v) is 13.0. The number of hydrogen-bond acceptors (Lipinski definition) is 4. The number of thioether (sulfide) groups is 1. The quantitative estimate of drug-likeness (QED) is 0.766. The highest BCUT2D eigenvalue weighted by atomic mass is 35.5. The molecule has 0 amide bonds. The first kappa shape index (κ1) is 14.5. The van der Waals surface area contributed by atoms with Crippen molar-refractivity contribution >= 4 is 34.5 Å². The molecule has 0 saturated heterocycles. The van der Waals surface area contributed by atoms with E-state index in [1.54, 1.807) is 7.11 Å². The van der Waals surface area contributed by atoms with Gasteiger partial charge in [-0.2, -0.15) is 16.7 Å². The van der Waals surface area contributed by atoms with E-state index in [1.807, 2.05) is 23.9 Å². The summed E-state index contributed by atoms with van der Waals surface area (Å²) in [7, 11) is 1.62. The summed E-state index contributed by atoms with van der Waals surface area (Å²) in [5.41, 5.74) is 1.73. The van der Waals surface area contributed by atoms with Gasteiger partial charge in [-0.15, -0.1) is 11.6 Å².